The van der Waals surface area contributed by atoms with Crippen molar-refractivity contribution in [3.8, 4) is 0 Å². The SMILES string of the molecule is CON=C(C)P(C)(=O)[O-].[Na+]. The van der Waals surface area contributed by atoms with Gasteiger partial charge < -0.3 is 14.3 Å². The molecule has 54 valence electrons. The smallest absolute Gasteiger partial charge is 0.795 e. The third-order valence-electron chi connectivity index (χ3n) is 0.811. The summed E-state index contributed by atoms with van der Waals surface area (Å²) >= 11 is 0. The molecule has 0 bridgehead atoms. The van der Waals surface area contributed by atoms with E-state index >= 15 is 0 Å². The molecular weight excluding hydrogens is 164 g/mol. The van der Waals surface area contributed by atoms with Crippen LogP contribution < -0.4 is 34.5 Å². The van der Waals surface area contributed by atoms with Crippen molar-refractivity contribution in [3.05, 3.63) is 0 Å². The minimum Gasteiger partial charge on any atom is -0.795 e. The molecule has 1 unspecified atom stereocenters. The van der Waals surface area contributed by atoms with Crippen LogP contribution in [0.4, 0.5) is 0 Å². The maximum Gasteiger partial charge on any atom is 1.00 e. The second-order valence-electron chi connectivity index (χ2n) is 1.67. The van der Waals surface area contributed by atoms with Crippen molar-refractivity contribution in [1.82, 2.24) is 0 Å². The van der Waals surface area contributed by atoms with E-state index in [2.05, 4.69) is 9.99 Å². The first kappa shape index (κ1) is 13.3. The molecule has 10 heavy (non-hydrogen) atoms. The van der Waals surface area contributed by atoms with E-state index in [1.165, 1.54) is 14.0 Å². The number of hydrogen-bond acceptors (Lipinski definition) is 4. The molecule has 0 heterocycles. The second-order valence-corrected chi connectivity index (χ2v) is 4.01. The Kier molecular flexibility index (Phi) is 7.07. The van der Waals surface area contributed by atoms with Crippen molar-refractivity contribution in [2.24, 2.45) is 5.16 Å². The molecule has 0 aromatic carbocycles. The molecule has 0 spiro atoms. The van der Waals surface area contributed by atoms with Crippen LogP contribution in [-0.4, -0.2) is 19.2 Å². The van der Waals surface area contributed by atoms with E-state index < -0.39 is 7.37 Å². The van der Waals surface area contributed by atoms with Crippen LogP contribution in [0.15, 0.2) is 5.16 Å². The summed E-state index contributed by atoms with van der Waals surface area (Å²) in [5.74, 6) is 0. The van der Waals surface area contributed by atoms with E-state index in [0.717, 1.165) is 6.66 Å². The van der Waals surface area contributed by atoms with Crippen LogP contribution in [-0.2, 0) is 9.40 Å². The molecule has 0 saturated carbocycles. The van der Waals surface area contributed by atoms with Gasteiger partial charge in [0.25, 0.3) is 0 Å². The molecule has 1 atom stereocenters. The zero-order valence-electron chi connectivity index (χ0n) is 6.62. The third-order valence-corrected chi connectivity index (χ3v) is 2.07. The fourth-order valence-electron chi connectivity index (χ4n) is 0.206. The standard InChI is InChI=1S/C4H10NO3P.Na/c1-4(5-8-2)9(3,6)7;/h1-3H3,(H,6,7);/q;+1/p-1. The van der Waals surface area contributed by atoms with Crippen LogP contribution in [0, 0.1) is 0 Å². The molecule has 0 aromatic heterocycles. The van der Waals surface area contributed by atoms with Gasteiger partial charge in [-0.15, -0.1) is 0 Å². The van der Waals surface area contributed by atoms with Crippen LogP contribution in [0.1, 0.15) is 6.92 Å². The number of hydrogen-bond donors (Lipinski definition) is 0. The Labute approximate surface area is 82.4 Å². The van der Waals surface area contributed by atoms with E-state index in [1.807, 2.05) is 0 Å². The maximum atomic E-state index is 10.5. The van der Waals surface area contributed by atoms with Crippen molar-refractivity contribution < 1.29 is 43.9 Å². The molecule has 0 aliphatic rings. The first-order chi connectivity index (χ1) is 3.98. The first-order valence-electron chi connectivity index (χ1n) is 2.35. The molecule has 0 N–H and O–H groups in total. The van der Waals surface area contributed by atoms with Gasteiger partial charge in [0.1, 0.15) is 7.11 Å². The molecule has 0 aliphatic carbocycles. The molecule has 4 nitrogen and oxygen atoms in total. The predicted molar refractivity (Wildman–Crippen MR) is 33.6 cm³/mol. The topological polar surface area (TPSA) is 61.7 Å². The fraction of sp³-hybridized carbons (Fsp3) is 0.750. The van der Waals surface area contributed by atoms with Crippen molar-refractivity contribution in [3.63, 3.8) is 0 Å². The molecule has 0 aromatic rings. The summed E-state index contributed by atoms with van der Waals surface area (Å²) in [5, 5.41) is 3.24. The summed E-state index contributed by atoms with van der Waals surface area (Å²) in [5.41, 5.74) is 0.0185. The molecule has 0 amide bonds. The average molecular weight is 173 g/mol. The van der Waals surface area contributed by atoms with Crippen LogP contribution >= 0.6 is 7.37 Å². The third kappa shape index (κ3) is 5.45. The van der Waals surface area contributed by atoms with Crippen LogP contribution in [0.2, 0.25) is 0 Å². The van der Waals surface area contributed by atoms with Crippen molar-refractivity contribution in [2.75, 3.05) is 13.8 Å². The van der Waals surface area contributed by atoms with E-state index in [4.69, 9.17) is 0 Å². The van der Waals surface area contributed by atoms with Gasteiger partial charge >= 0.3 is 29.6 Å². The van der Waals surface area contributed by atoms with Crippen molar-refractivity contribution >= 4 is 12.8 Å². The summed E-state index contributed by atoms with van der Waals surface area (Å²) in [4.78, 5) is 14.8. The Bertz CT molecular complexity index is 164. The second kappa shape index (κ2) is 5.33. The van der Waals surface area contributed by atoms with E-state index in [-0.39, 0.29) is 35.0 Å². The molecule has 0 saturated heterocycles. The summed E-state index contributed by atoms with van der Waals surface area (Å²) in [6.45, 7) is 2.49. The fourth-order valence-corrected chi connectivity index (χ4v) is 0.436. The molecule has 0 rings (SSSR count). The van der Waals surface area contributed by atoms with Crippen LogP contribution in [0.25, 0.3) is 0 Å². The van der Waals surface area contributed by atoms with Crippen molar-refractivity contribution in [2.45, 2.75) is 6.92 Å². The van der Waals surface area contributed by atoms with Crippen LogP contribution in [0.5, 0.6) is 0 Å². The summed E-state index contributed by atoms with van der Waals surface area (Å²) in [7, 11) is -2.09. The average Bonchev–Trinajstić information content (AvgIpc) is 1.64. The Morgan fingerprint density at radius 1 is 1.70 bits per heavy atom. The largest absolute Gasteiger partial charge is 1.00 e. The molecular formula is C4H9NNaO3P. The first-order valence-corrected chi connectivity index (χ1v) is 4.42. The number of rotatable bonds is 2. The van der Waals surface area contributed by atoms with Gasteiger partial charge in [-0.1, -0.05) is 5.16 Å². The quantitative estimate of drug-likeness (QED) is 0.197. The zero-order chi connectivity index (χ0) is 7.49. The Balaban J connectivity index is 0. The molecule has 0 aliphatic heterocycles. The molecule has 0 fully saturated rings. The van der Waals surface area contributed by atoms with Gasteiger partial charge in [-0.3, -0.25) is 0 Å². The van der Waals surface area contributed by atoms with Gasteiger partial charge in [-0.25, -0.2) is 0 Å². The van der Waals surface area contributed by atoms with Gasteiger partial charge in [-0.2, -0.15) is 0 Å². The minimum atomic E-state index is -3.40. The van der Waals surface area contributed by atoms with Gasteiger partial charge in [0.15, 0.2) is 0 Å². The monoisotopic (exact) mass is 173 g/mol. The molecule has 0 radical (unpaired) electrons. The van der Waals surface area contributed by atoms with E-state index in [1.54, 1.807) is 0 Å². The van der Waals surface area contributed by atoms with Gasteiger partial charge in [0.05, 0.1) is 12.8 Å². The van der Waals surface area contributed by atoms with Gasteiger partial charge in [-0.05, 0) is 13.6 Å². The van der Waals surface area contributed by atoms with E-state index in [9.17, 15) is 9.46 Å². The Hall–Kier alpha value is 0.660. The van der Waals surface area contributed by atoms with Gasteiger partial charge in [0, 0.05) is 0 Å². The Morgan fingerprint density at radius 3 is 2.20 bits per heavy atom. The van der Waals surface area contributed by atoms with E-state index in [0.29, 0.717) is 0 Å². The number of oxime groups is 1. The normalized spacial score (nSPS) is 17.0. The predicted octanol–water partition coefficient (Wildman–Crippen LogP) is -2.76. The minimum absolute atomic E-state index is 0. The summed E-state index contributed by atoms with van der Waals surface area (Å²) < 4.78 is 10.5. The Morgan fingerprint density at radius 2 is 2.10 bits per heavy atom. The summed E-state index contributed by atoms with van der Waals surface area (Å²) in [6, 6.07) is 0. The zero-order valence-corrected chi connectivity index (χ0v) is 9.51. The summed E-state index contributed by atoms with van der Waals surface area (Å²) in [6.07, 6.45) is 0. The maximum absolute atomic E-state index is 10.5. The number of nitrogens with zero attached hydrogens (tertiary/aromatic N) is 1. The van der Waals surface area contributed by atoms with Crippen LogP contribution in [0.3, 0.4) is 0 Å². The van der Waals surface area contributed by atoms with Crippen molar-refractivity contribution in [1.29, 1.82) is 0 Å². The van der Waals surface area contributed by atoms with Gasteiger partial charge in [0.2, 0.25) is 0 Å². The molecule has 6 heteroatoms.